The Kier molecular flexibility index (Phi) is 6.59. The van der Waals surface area contributed by atoms with Crippen LogP contribution in [0.5, 0.6) is 5.75 Å². The van der Waals surface area contributed by atoms with Crippen LogP contribution in [0.15, 0.2) is 53.4 Å². The van der Waals surface area contributed by atoms with E-state index in [1.54, 1.807) is 42.7 Å². The first-order chi connectivity index (χ1) is 16.5. The molecule has 34 heavy (non-hydrogen) atoms. The van der Waals surface area contributed by atoms with Crippen LogP contribution >= 0.6 is 11.3 Å². The van der Waals surface area contributed by atoms with Crippen molar-refractivity contribution in [1.82, 2.24) is 14.2 Å². The van der Waals surface area contributed by atoms with Gasteiger partial charge in [-0.25, -0.2) is 13.4 Å². The van der Waals surface area contributed by atoms with Crippen LogP contribution in [0.4, 0.5) is 0 Å². The van der Waals surface area contributed by atoms with Crippen LogP contribution in [-0.2, 0) is 14.8 Å². The number of methoxy groups -OCH3 is 1. The number of likely N-dealkylation sites (tertiary alicyclic amines) is 1. The van der Waals surface area contributed by atoms with Gasteiger partial charge in [0.15, 0.2) is 0 Å². The van der Waals surface area contributed by atoms with Gasteiger partial charge in [0.25, 0.3) is 0 Å². The summed E-state index contributed by atoms with van der Waals surface area (Å²) >= 11 is 1.71. The molecule has 2 aliphatic heterocycles. The number of benzene rings is 2. The lowest BCUT2D eigenvalue weighted by molar-refractivity contribution is -0.137. The number of fused-ring (bicyclic) bond motifs is 1. The number of amides is 1. The van der Waals surface area contributed by atoms with Gasteiger partial charge in [-0.05, 0) is 62.1 Å². The molecule has 2 aromatic carbocycles. The van der Waals surface area contributed by atoms with Crippen molar-refractivity contribution in [3.05, 3.63) is 53.5 Å². The van der Waals surface area contributed by atoms with E-state index in [0.717, 1.165) is 36.3 Å². The summed E-state index contributed by atoms with van der Waals surface area (Å²) in [4.78, 5) is 20.5. The van der Waals surface area contributed by atoms with Gasteiger partial charge in [-0.3, -0.25) is 4.79 Å². The van der Waals surface area contributed by atoms with Gasteiger partial charge < -0.3 is 9.64 Å². The topological polar surface area (TPSA) is 79.8 Å². The number of nitrogens with zero attached hydrogens (tertiary/aromatic N) is 3. The minimum atomic E-state index is -3.65. The lowest BCUT2D eigenvalue weighted by atomic mass is 9.94. The number of aromatic nitrogens is 1. The smallest absolute Gasteiger partial charge is 0.243 e. The van der Waals surface area contributed by atoms with Crippen LogP contribution in [0, 0.1) is 5.92 Å². The molecule has 5 rings (SSSR count). The first-order valence-corrected chi connectivity index (χ1v) is 14.0. The SMILES string of the molecule is COc1ccc(S(=O)(=O)N2CCC[C@@H](C(=O)N3CCC[C@@H](c4nc5ccccc5s4)C3)C2)cc1. The van der Waals surface area contributed by atoms with Gasteiger partial charge in [0.1, 0.15) is 5.75 Å². The molecule has 0 spiro atoms. The second kappa shape index (κ2) is 9.64. The summed E-state index contributed by atoms with van der Waals surface area (Å²) in [6.45, 7) is 2.05. The van der Waals surface area contributed by atoms with Crippen molar-refractivity contribution in [1.29, 1.82) is 0 Å². The summed E-state index contributed by atoms with van der Waals surface area (Å²) < 4.78 is 34.2. The van der Waals surface area contributed by atoms with Crippen molar-refractivity contribution in [2.75, 3.05) is 33.3 Å². The molecule has 3 heterocycles. The number of carbonyl (C=O) groups is 1. The fourth-order valence-corrected chi connectivity index (χ4v) is 7.58. The van der Waals surface area contributed by atoms with E-state index in [2.05, 4.69) is 6.07 Å². The highest BCUT2D eigenvalue weighted by Gasteiger charge is 2.36. The molecule has 2 aliphatic rings. The molecule has 9 heteroatoms. The number of carbonyl (C=O) groups excluding carboxylic acids is 1. The van der Waals surface area contributed by atoms with Crippen LogP contribution in [0.1, 0.15) is 36.6 Å². The zero-order chi connectivity index (χ0) is 23.7. The van der Waals surface area contributed by atoms with Crippen LogP contribution in [0.2, 0.25) is 0 Å². The summed E-state index contributed by atoms with van der Waals surface area (Å²) in [7, 11) is -2.11. The van der Waals surface area contributed by atoms with E-state index in [4.69, 9.17) is 9.72 Å². The van der Waals surface area contributed by atoms with Gasteiger partial charge >= 0.3 is 0 Å². The molecule has 2 saturated heterocycles. The number of rotatable bonds is 5. The summed E-state index contributed by atoms with van der Waals surface area (Å²) in [5, 5.41) is 1.09. The van der Waals surface area contributed by atoms with E-state index >= 15 is 0 Å². The second-order valence-electron chi connectivity index (χ2n) is 9.02. The molecule has 1 aromatic heterocycles. The van der Waals surface area contributed by atoms with Gasteiger partial charge in [0, 0.05) is 32.1 Å². The predicted octanol–water partition coefficient (Wildman–Crippen LogP) is 4.11. The van der Waals surface area contributed by atoms with E-state index in [9.17, 15) is 13.2 Å². The predicted molar refractivity (Wildman–Crippen MR) is 133 cm³/mol. The Bertz CT molecular complexity index is 1240. The summed E-state index contributed by atoms with van der Waals surface area (Å²) in [5.41, 5.74) is 1.01. The number of para-hydroxylation sites is 1. The Hall–Kier alpha value is -2.49. The van der Waals surface area contributed by atoms with E-state index in [0.29, 0.717) is 25.3 Å². The van der Waals surface area contributed by atoms with Crippen LogP contribution in [0.25, 0.3) is 10.2 Å². The molecule has 0 radical (unpaired) electrons. The van der Waals surface area contributed by atoms with Gasteiger partial charge in [-0.1, -0.05) is 12.1 Å². The molecule has 7 nitrogen and oxygen atoms in total. The number of sulfonamides is 1. The Morgan fingerprint density at radius 2 is 1.79 bits per heavy atom. The van der Waals surface area contributed by atoms with Crippen LogP contribution in [-0.4, -0.2) is 61.8 Å². The lowest BCUT2D eigenvalue weighted by Crippen LogP contribution is -2.48. The maximum atomic E-state index is 13.5. The first kappa shape index (κ1) is 23.3. The van der Waals surface area contributed by atoms with Crippen molar-refractivity contribution in [2.45, 2.75) is 36.5 Å². The molecule has 0 saturated carbocycles. The van der Waals surface area contributed by atoms with Gasteiger partial charge in [0.05, 0.1) is 33.1 Å². The number of hydrogen-bond donors (Lipinski definition) is 0. The van der Waals surface area contributed by atoms with E-state index in [1.165, 1.54) is 9.01 Å². The maximum Gasteiger partial charge on any atom is 0.243 e. The van der Waals surface area contributed by atoms with Crippen molar-refractivity contribution in [3.8, 4) is 5.75 Å². The van der Waals surface area contributed by atoms with Crippen LogP contribution in [0.3, 0.4) is 0 Å². The average molecular weight is 500 g/mol. The number of thiazole rings is 1. The third kappa shape index (κ3) is 4.56. The average Bonchev–Trinajstić information content (AvgIpc) is 3.33. The summed E-state index contributed by atoms with van der Waals surface area (Å²) in [5.74, 6) is 0.604. The van der Waals surface area contributed by atoms with E-state index < -0.39 is 10.0 Å². The first-order valence-electron chi connectivity index (χ1n) is 11.7. The zero-order valence-electron chi connectivity index (χ0n) is 19.2. The van der Waals surface area contributed by atoms with Crippen molar-refractivity contribution in [2.24, 2.45) is 5.92 Å². The largest absolute Gasteiger partial charge is 0.497 e. The fraction of sp³-hybridized carbons (Fsp3) is 0.440. The van der Waals surface area contributed by atoms with Crippen LogP contribution < -0.4 is 4.74 Å². The van der Waals surface area contributed by atoms with Crippen molar-refractivity contribution in [3.63, 3.8) is 0 Å². The molecule has 1 amide bonds. The quantitative estimate of drug-likeness (QED) is 0.528. The minimum Gasteiger partial charge on any atom is -0.497 e. The number of hydrogen-bond acceptors (Lipinski definition) is 6. The second-order valence-corrected chi connectivity index (χ2v) is 12.0. The molecular weight excluding hydrogens is 470 g/mol. The molecule has 180 valence electrons. The van der Waals surface area contributed by atoms with E-state index in [1.807, 2.05) is 23.1 Å². The van der Waals surface area contributed by atoms with Gasteiger partial charge in [-0.2, -0.15) is 4.31 Å². The molecule has 0 aliphatic carbocycles. The molecule has 2 fully saturated rings. The highest BCUT2D eigenvalue weighted by atomic mass is 32.2. The molecule has 0 N–H and O–H groups in total. The van der Waals surface area contributed by atoms with Crippen molar-refractivity contribution < 1.29 is 17.9 Å². The molecule has 2 atom stereocenters. The highest BCUT2D eigenvalue weighted by Crippen LogP contribution is 2.34. The number of ether oxygens (including phenoxy) is 1. The fourth-order valence-electron chi connectivity index (χ4n) is 4.96. The van der Waals surface area contributed by atoms with E-state index in [-0.39, 0.29) is 29.2 Å². The normalized spacial score (nSPS) is 22.1. The molecule has 0 bridgehead atoms. The minimum absolute atomic E-state index is 0.0699. The van der Waals surface area contributed by atoms with Gasteiger partial charge in [0.2, 0.25) is 15.9 Å². The lowest BCUT2D eigenvalue weighted by Gasteiger charge is -2.37. The highest BCUT2D eigenvalue weighted by molar-refractivity contribution is 7.89. The van der Waals surface area contributed by atoms with Gasteiger partial charge in [-0.15, -0.1) is 11.3 Å². The monoisotopic (exact) mass is 499 g/mol. The third-order valence-corrected chi connectivity index (χ3v) is 9.90. The Balaban J connectivity index is 1.28. The Morgan fingerprint density at radius 1 is 1.03 bits per heavy atom. The zero-order valence-corrected chi connectivity index (χ0v) is 20.9. The standard InChI is InChI=1S/C25H29N3O4S2/c1-32-20-10-12-21(13-11-20)34(30,31)28-15-5-7-19(17-28)25(29)27-14-4-6-18(16-27)24-26-22-8-2-3-9-23(22)33-24/h2-3,8-13,18-19H,4-7,14-17H2,1H3/t18-,19-/m1/s1. The third-order valence-electron chi connectivity index (χ3n) is 6.82. The molecular formula is C25H29N3O4S2. The molecule has 3 aromatic rings. The number of piperidine rings is 2. The summed E-state index contributed by atoms with van der Waals surface area (Å²) in [6, 6.07) is 14.6. The maximum absolute atomic E-state index is 13.5. The Morgan fingerprint density at radius 3 is 2.56 bits per heavy atom. The van der Waals surface area contributed by atoms with Crippen molar-refractivity contribution >= 4 is 37.5 Å². The summed E-state index contributed by atoms with van der Waals surface area (Å²) in [6.07, 6.45) is 3.36. The Labute approximate surface area is 204 Å². The molecule has 0 unspecified atom stereocenters.